The lowest BCUT2D eigenvalue weighted by Crippen LogP contribution is -2.52. The number of anilines is 2. The molecule has 2 aliphatic rings. The largest absolute Gasteiger partial charge is 0.394 e. The molecular weight excluding hydrogens is 226 g/mol. The van der Waals surface area contributed by atoms with Crippen LogP contribution < -0.4 is 11.1 Å². The van der Waals surface area contributed by atoms with E-state index >= 15 is 0 Å². The number of nitrogen functional groups attached to an aromatic ring is 1. The molecule has 1 aromatic heterocycles. The van der Waals surface area contributed by atoms with E-state index in [0.29, 0.717) is 11.7 Å². The number of fused-ring (bicyclic) bond motifs is 2. The quantitative estimate of drug-likeness (QED) is 0.828. The molecule has 18 heavy (non-hydrogen) atoms. The summed E-state index contributed by atoms with van der Waals surface area (Å²) in [6.07, 6.45) is 9.61. The molecule has 3 heterocycles. The van der Waals surface area contributed by atoms with Gasteiger partial charge in [0.1, 0.15) is 6.33 Å². The molecule has 98 valence electrons. The van der Waals surface area contributed by atoms with Gasteiger partial charge >= 0.3 is 0 Å². The first-order chi connectivity index (χ1) is 8.74. The summed E-state index contributed by atoms with van der Waals surface area (Å²) in [7, 11) is 2.27. The normalized spacial score (nSPS) is 32.2. The van der Waals surface area contributed by atoms with Crippen LogP contribution in [0, 0.1) is 0 Å². The maximum atomic E-state index is 5.88. The van der Waals surface area contributed by atoms with E-state index in [4.69, 9.17) is 5.73 Å². The number of piperidine rings is 2. The molecule has 0 aliphatic carbocycles. The van der Waals surface area contributed by atoms with Gasteiger partial charge in [-0.3, -0.25) is 0 Å². The Kier molecular flexibility index (Phi) is 3.07. The summed E-state index contributed by atoms with van der Waals surface area (Å²) >= 11 is 0. The van der Waals surface area contributed by atoms with Crippen molar-refractivity contribution < 1.29 is 0 Å². The van der Waals surface area contributed by atoms with Gasteiger partial charge in [0.05, 0.1) is 11.9 Å². The summed E-state index contributed by atoms with van der Waals surface area (Å²) in [5, 5.41) is 3.50. The molecule has 0 saturated carbocycles. The van der Waals surface area contributed by atoms with Crippen LogP contribution in [0.4, 0.5) is 11.5 Å². The Morgan fingerprint density at radius 2 is 2.06 bits per heavy atom. The van der Waals surface area contributed by atoms with Gasteiger partial charge in [0.2, 0.25) is 0 Å². The van der Waals surface area contributed by atoms with Crippen molar-refractivity contribution in [1.29, 1.82) is 0 Å². The monoisotopic (exact) mass is 247 g/mol. The number of rotatable bonds is 2. The van der Waals surface area contributed by atoms with Gasteiger partial charge in [-0.2, -0.15) is 0 Å². The Morgan fingerprint density at radius 1 is 1.33 bits per heavy atom. The van der Waals surface area contributed by atoms with Crippen LogP contribution in [0.25, 0.3) is 0 Å². The van der Waals surface area contributed by atoms with Gasteiger partial charge < -0.3 is 16.0 Å². The second-order valence-electron chi connectivity index (χ2n) is 5.54. The van der Waals surface area contributed by atoms with Crippen molar-refractivity contribution in [3.05, 3.63) is 12.5 Å². The molecule has 0 amide bonds. The van der Waals surface area contributed by atoms with E-state index in [1.807, 2.05) is 0 Å². The van der Waals surface area contributed by atoms with Gasteiger partial charge in [-0.05, 0) is 32.7 Å². The summed E-state index contributed by atoms with van der Waals surface area (Å²) in [6, 6.07) is 1.94. The van der Waals surface area contributed by atoms with Crippen molar-refractivity contribution in [3.63, 3.8) is 0 Å². The first-order valence-electron chi connectivity index (χ1n) is 6.78. The molecule has 0 radical (unpaired) electrons. The molecule has 2 bridgehead atoms. The predicted molar refractivity (Wildman–Crippen MR) is 72.3 cm³/mol. The number of aromatic nitrogens is 2. The third-order valence-corrected chi connectivity index (χ3v) is 4.42. The van der Waals surface area contributed by atoms with Crippen molar-refractivity contribution in [2.45, 2.75) is 50.2 Å². The van der Waals surface area contributed by atoms with Crippen LogP contribution in [0.1, 0.15) is 32.1 Å². The average Bonchev–Trinajstić information content (AvgIpc) is 2.33. The van der Waals surface area contributed by atoms with Crippen LogP contribution in [0.3, 0.4) is 0 Å². The Labute approximate surface area is 108 Å². The highest BCUT2D eigenvalue weighted by molar-refractivity contribution is 5.59. The van der Waals surface area contributed by atoms with E-state index in [0.717, 1.165) is 17.9 Å². The van der Waals surface area contributed by atoms with Crippen molar-refractivity contribution in [1.82, 2.24) is 14.9 Å². The Hall–Kier alpha value is -1.36. The van der Waals surface area contributed by atoms with Crippen LogP contribution in [0.15, 0.2) is 12.5 Å². The van der Waals surface area contributed by atoms with E-state index in [1.165, 1.54) is 32.1 Å². The third kappa shape index (κ3) is 2.14. The molecular formula is C13H21N5. The highest BCUT2D eigenvalue weighted by Crippen LogP contribution is 2.34. The second kappa shape index (κ2) is 4.72. The van der Waals surface area contributed by atoms with Gasteiger partial charge in [-0.25, -0.2) is 9.97 Å². The molecule has 5 heteroatoms. The Morgan fingerprint density at radius 3 is 2.72 bits per heavy atom. The number of nitrogens with one attached hydrogen (secondary N) is 1. The minimum atomic E-state index is 0.494. The zero-order valence-electron chi connectivity index (χ0n) is 10.8. The van der Waals surface area contributed by atoms with Gasteiger partial charge in [0.25, 0.3) is 0 Å². The summed E-state index contributed by atoms with van der Waals surface area (Å²) < 4.78 is 0. The molecule has 0 aromatic carbocycles. The van der Waals surface area contributed by atoms with Crippen LogP contribution >= 0.6 is 0 Å². The molecule has 2 fully saturated rings. The number of hydrogen-bond donors (Lipinski definition) is 2. The predicted octanol–water partition coefficient (Wildman–Crippen LogP) is 1.49. The molecule has 2 saturated heterocycles. The van der Waals surface area contributed by atoms with Crippen molar-refractivity contribution in [2.75, 3.05) is 18.1 Å². The zero-order chi connectivity index (χ0) is 12.5. The topological polar surface area (TPSA) is 67.1 Å². The summed E-state index contributed by atoms with van der Waals surface area (Å²) in [5.41, 5.74) is 6.52. The Balaban J connectivity index is 1.70. The van der Waals surface area contributed by atoms with Crippen molar-refractivity contribution in [2.24, 2.45) is 0 Å². The standard InChI is InChI=1S/C13H21N5/c1-18-10-3-2-4-11(18)6-9(5-10)17-13-12(14)7-15-8-16-13/h7-11H,2-6,14H2,1H3,(H,15,16,17). The summed E-state index contributed by atoms with van der Waals surface area (Å²) in [6.45, 7) is 0. The van der Waals surface area contributed by atoms with E-state index < -0.39 is 0 Å². The molecule has 1 aromatic rings. The fourth-order valence-corrected chi connectivity index (χ4v) is 3.39. The average molecular weight is 247 g/mol. The van der Waals surface area contributed by atoms with E-state index in [1.54, 1.807) is 12.5 Å². The maximum Gasteiger partial charge on any atom is 0.152 e. The highest BCUT2D eigenvalue weighted by atomic mass is 15.2. The number of hydrogen-bond acceptors (Lipinski definition) is 5. The van der Waals surface area contributed by atoms with Crippen molar-refractivity contribution in [3.8, 4) is 0 Å². The van der Waals surface area contributed by atoms with Gasteiger partial charge in [-0.1, -0.05) is 6.42 Å². The molecule has 2 unspecified atom stereocenters. The lowest BCUT2D eigenvalue weighted by atomic mass is 9.82. The second-order valence-corrected chi connectivity index (χ2v) is 5.54. The lowest BCUT2D eigenvalue weighted by Gasteiger charge is -2.47. The molecule has 5 nitrogen and oxygen atoms in total. The SMILES string of the molecule is CN1C2CCCC1CC(Nc1ncncc1N)C2. The molecule has 0 spiro atoms. The van der Waals surface area contributed by atoms with Gasteiger partial charge in [0.15, 0.2) is 5.82 Å². The fraction of sp³-hybridized carbons (Fsp3) is 0.692. The fourth-order valence-electron chi connectivity index (χ4n) is 3.39. The van der Waals surface area contributed by atoms with Crippen LogP contribution in [0.5, 0.6) is 0 Å². The summed E-state index contributed by atoms with van der Waals surface area (Å²) in [4.78, 5) is 10.7. The van der Waals surface area contributed by atoms with Crippen LogP contribution in [-0.2, 0) is 0 Å². The number of nitrogens with zero attached hydrogens (tertiary/aromatic N) is 3. The van der Waals surface area contributed by atoms with E-state index in [9.17, 15) is 0 Å². The minimum absolute atomic E-state index is 0.494. The molecule has 2 aliphatic heterocycles. The maximum absolute atomic E-state index is 5.88. The molecule has 3 N–H and O–H groups in total. The van der Waals surface area contributed by atoms with Crippen LogP contribution in [0.2, 0.25) is 0 Å². The smallest absolute Gasteiger partial charge is 0.152 e. The Bertz CT molecular complexity index is 408. The van der Waals surface area contributed by atoms with E-state index in [-0.39, 0.29) is 0 Å². The first kappa shape index (κ1) is 11.7. The molecule has 2 atom stereocenters. The number of nitrogens with two attached hydrogens (primary N) is 1. The third-order valence-electron chi connectivity index (χ3n) is 4.42. The first-order valence-corrected chi connectivity index (χ1v) is 6.78. The van der Waals surface area contributed by atoms with Gasteiger partial charge in [0, 0.05) is 18.1 Å². The van der Waals surface area contributed by atoms with E-state index in [2.05, 4.69) is 27.2 Å². The lowest BCUT2D eigenvalue weighted by molar-refractivity contribution is 0.0608. The zero-order valence-corrected chi connectivity index (χ0v) is 10.8. The van der Waals surface area contributed by atoms with Crippen LogP contribution in [-0.4, -0.2) is 40.0 Å². The minimum Gasteiger partial charge on any atom is -0.394 e. The van der Waals surface area contributed by atoms with Gasteiger partial charge in [-0.15, -0.1) is 0 Å². The summed E-state index contributed by atoms with van der Waals surface area (Å²) in [5.74, 6) is 0.789. The molecule has 3 rings (SSSR count). The van der Waals surface area contributed by atoms with Crippen molar-refractivity contribution >= 4 is 11.5 Å². The highest BCUT2D eigenvalue weighted by Gasteiger charge is 2.36.